The third kappa shape index (κ3) is 7.71. The molecule has 0 aromatic heterocycles. The third-order valence-corrected chi connectivity index (χ3v) is 6.68. The van der Waals surface area contributed by atoms with E-state index in [0.717, 1.165) is 16.7 Å². The second kappa shape index (κ2) is 13.8. The first-order valence-electron chi connectivity index (χ1n) is 13.0. The molecule has 1 fully saturated rings. The number of ether oxygens (including phenoxy) is 4. The van der Waals surface area contributed by atoms with Crippen molar-refractivity contribution in [3.05, 3.63) is 108 Å². The predicted molar refractivity (Wildman–Crippen MR) is 142 cm³/mol. The van der Waals surface area contributed by atoms with Gasteiger partial charge in [0.15, 0.2) is 0 Å². The Bertz CT molecular complexity index is 1030. The van der Waals surface area contributed by atoms with Crippen LogP contribution in [0, 0.1) is 5.92 Å². The van der Waals surface area contributed by atoms with E-state index in [1.54, 1.807) is 0 Å². The highest BCUT2D eigenvalue weighted by molar-refractivity contribution is 5.15. The smallest absolute Gasteiger partial charge is 0.115 e. The van der Waals surface area contributed by atoms with Gasteiger partial charge in [-0.25, -0.2) is 0 Å². The number of rotatable bonds is 12. The van der Waals surface area contributed by atoms with Crippen LogP contribution in [0.1, 0.15) is 30.5 Å². The van der Waals surface area contributed by atoms with Crippen LogP contribution >= 0.6 is 0 Å². The average molecular weight is 507 g/mol. The molecule has 3 aromatic carbocycles. The molecule has 0 bridgehead atoms. The molecule has 6 nitrogen and oxygen atoms in total. The lowest BCUT2D eigenvalue weighted by Gasteiger charge is -2.46. The van der Waals surface area contributed by atoms with E-state index in [4.69, 9.17) is 18.9 Å². The van der Waals surface area contributed by atoms with Crippen LogP contribution in [0.3, 0.4) is 0 Å². The molecule has 4 rings (SSSR count). The predicted octanol–water partition coefficient (Wildman–Crippen LogP) is 4.52. The van der Waals surface area contributed by atoms with E-state index < -0.39 is 36.6 Å². The van der Waals surface area contributed by atoms with Crippen molar-refractivity contribution in [1.82, 2.24) is 0 Å². The fourth-order valence-electron chi connectivity index (χ4n) is 4.54. The minimum atomic E-state index is -1.08. The van der Waals surface area contributed by atoms with Gasteiger partial charge in [0.05, 0.1) is 32.5 Å². The summed E-state index contributed by atoms with van der Waals surface area (Å²) >= 11 is 0. The van der Waals surface area contributed by atoms with Crippen molar-refractivity contribution in [3.8, 4) is 0 Å². The van der Waals surface area contributed by atoms with Gasteiger partial charge in [0.1, 0.15) is 30.5 Å². The van der Waals surface area contributed by atoms with E-state index in [1.807, 2.05) is 105 Å². The summed E-state index contributed by atoms with van der Waals surface area (Å²) in [6, 6.07) is 29.6. The van der Waals surface area contributed by atoms with E-state index in [2.05, 4.69) is 0 Å². The molecule has 1 heterocycles. The summed E-state index contributed by atoms with van der Waals surface area (Å²) in [4.78, 5) is 0. The maximum atomic E-state index is 11.4. The Morgan fingerprint density at radius 3 is 1.65 bits per heavy atom. The summed E-state index contributed by atoms with van der Waals surface area (Å²) in [5.74, 6) is -0.109. The first kappa shape index (κ1) is 27.5. The molecule has 0 saturated carbocycles. The SMILES string of the molecule is CC(C)C(O)[C@@H]1O[C@H](COCc2ccccc2)[C@@H](OCc2ccccc2)[C@H](OCc2ccccc2)[C@H]1O. The molecular weight excluding hydrogens is 468 g/mol. The van der Waals surface area contributed by atoms with Crippen LogP contribution in [-0.4, -0.2) is 53.4 Å². The zero-order chi connectivity index (χ0) is 26.0. The minimum absolute atomic E-state index is 0.109. The van der Waals surface area contributed by atoms with Crippen molar-refractivity contribution < 1.29 is 29.2 Å². The summed E-state index contributed by atoms with van der Waals surface area (Å²) in [7, 11) is 0. The second-order valence-electron chi connectivity index (χ2n) is 9.89. The molecule has 3 aromatic rings. The van der Waals surface area contributed by atoms with Gasteiger partial charge in [-0.3, -0.25) is 0 Å². The topological polar surface area (TPSA) is 77.4 Å². The molecule has 0 aliphatic carbocycles. The van der Waals surface area contributed by atoms with Gasteiger partial charge in [-0.15, -0.1) is 0 Å². The summed E-state index contributed by atoms with van der Waals surface area (Å²) in [5, 5.41) is 22.3. The Kier molecular flexibility index (Phi) is 10.3. The molecule has 0 radical (unpaired) electrons. The van der Waals surface area contributed by atoms with Crippen LogP contribution < -0.4 is 0 Å². The van der Waals surface area contributed by atoms with Gasteiger partial charge in [-0.05, 0) is 22.6 Å². The van der Waals surface area contributed by atoms with Gasteiger partial charge >= 0.3 is 0 Å². The van der Waals surface area contributed by atoms with Gasteiger partial charge in [0, 0.05) is 0 Å². The monoisotopic (exact) mass is 506 g/mol. The highest BCUT2D eigenvalue weighted by atomic mass is 16.6. The second-order valence-corrected chi connectivity index (χ2v) is 9.89. The van der Waals surface area contributed by atoms with E-state index in [1.165, 1.54) is 0 Å². The van der Waals surface area contributed by atoms with Crippen molar-refractivity contribution in [2.45, 2.75) is 70.3 Å². The molecule has 6 heteroatoms. The van der Waals surface area contributed by atoms with E-state index >= 15 is 0 Å². The lowest BCUT2D eigenvalue weighted by atomic mass is 9.88. The van der Waals surface area contributed by atoms with E-state index in [0.29, 0.717) is 19.8 Å². The number of hydrogen-bond acceptors (Lipinski definition) is 6. The van der Waals surface area contributed by atoms with Crippen LogP contribution in [0.5, 0.6) is 0 Å². The first-order valence-corrected chi connectivity index (χ1v) is 13.0. The maximum Gasteiger partial charge on any atom is 0.115 e. The first-order chi connectivity index (χ1) is 18.0. The molecule has 1 aliphatic rings. The fourth-order valence-corrected chi connectivity index (χ4v) is 4.54. The largest absolute Gasteiger partial charge is 0.390 e. The lowest BCUT2D eigenvalue weighted by molar-refractivity contribution is -0.278. The van der Waals surface area contributed by atoms with Gasteiger partial charge in [-0.1, -0.05) is 105 Å². The lowest BCUT2D eigenvalue weighted by Crippen LogP contribution is -2.63. The summed E-state index contributed by atoms with van der Waals surface area (Å²) < 4.78 is 25.1. The van der Waals surface area contributed by atoms with Crippen molar-refractivity contribution in [1.29, 1.82) is 0 Å². The summed E-state index contributed by atoms with van der Waals surface area (Å²) in [6.07, 6.45) is -4.65. The Morgan fingerprint density at radius 1 is 0.703 bits per heavy atom. The van der Waals surface area contributed by atoms with Crippen molar-refractivity contribution in [2.75, 3.05) is 6.61 Å². The minimum Gasteiger partial charge on any atom is -0.390 e. The van der Waals surface area contributed by atoms with E-state index in [-0.39, 0.29) is 12.5 Å². The number of aliphatic hydroxyl groups excluding tert-OH is 2. The fraction of sp³-hybridized carbons (Fsp3) is 0.419. The van der Waals surface area contributed by atoms with Gasteiger partial charge in [0.2, 0.25) is 0 Å². The van der Waals surface area contributed by atoms with Crippen LogP contribution in [0.15, 0.2) is 91.0 Å². The number of hydrogen-bond donors (Lipinski definition) is 2. The zero-order valence-corrected chi connectivity index (χ0v) is 21.6. The Labute approximate surface area is 219 Å². The third-order valence-electron chi connectivity index (χ3n) is 6.68. The van der Waals surface area contributed by atoms with Gasteiger partial charge in [-0.2, -0.15) is 0 Å². The molecule has 1 aliphatic heterocycles. The molecular formula is C31H38O6. The Balaban J connectivity index is 1.55. The van der Waals surface area contributed by atoms with Crippen LogP contribution in [0.25, 0.3) is 0 Å². The van der Waals surface area contributed by atoms with Gasteiger partial charge < -0.3 is 29.2 Å². The van der Waals surface area contributed by atoms with Crippen LogP contribution in [-0.2, 0) is 38.8 Å². The van der Waals surface area contributed by atoms with Crippen LogP contribution in [0.4, 0.5) is 0 Å². The molecule has 1 unspecified atom stereocenters. The Hall–Kier alpha value is -2.58. The highest BCUT2D eigenvalue weighted by Gasteiger charge is 2.49. The molecule has 0 spiro atoms. The van der Waals surface area contributed by atoms with Crippen LogP contribution in [0.2, 0.25) is 0 Å². The molecule has 1 saturated heterocycles. The van der Waals surface area contributed by atoms with Crippen molar-refractivity contribution in [3.63, 3.8) is 0 Å². The van der Waals surface area contributed by atoms with Crippen molar-refractivity contribution in [2.24, 2.45) is 5.92 Å². The standard InChI is InChI=1S/C31H38O6/c1-22(2)27(32)30-28(33)31(36-20-25-16-10-5-11-17-25)29(35-19-24-14-8-4-9-15-24)26(37-30)21-34-18-23-12-6-3-7-13-23/h3-17,22,26-33H,18-21H2,1-2H3/t26-,27?,28+,29-,30+,31-/m1/s1. The average Bonchev–Trinajstić information content (AvgIpc) is 2.93. The molecule has 37 heavy (non-hydrogen) atoms. The number of benzene rings is 3. The Morgan fingerprint density at radius 2 is 1.16 bits per heavy atom. The summed E-state index contributed by atoms with van der Waals surface area (Å²) in [6.45, 7) is 5.09. The highest BCUT2D eigenvalue weighted by Crippen LogP contribution is 2.31. The quantitative estimate of drug-likeness (QED) is 0.376. The maximum absolute atomic E-state index is 11.4. The van der Waals surface area contributed by atoms with Gasteiger partial charge in [0.25, 0.3) is 0 Å². The normalized spacial score (nSPS) is 24.7. The molecule has 0 amide bonds. The summed E-state index contributed by atoms with van der Waals surface area (Å²) in [5.41, 5.74) is 3.05. The number of aliphatic hydroxyl groups is 2. The van der Waals surface area contributed by atoms with Crippen molar-refractivity contribution >= 4 is 0 Å². The van der Waals surface area contributed by atoms with E-state index in [9.17, 15) is 10.2 Å². The molecule has 198 valence electrons. The molecule has 6 atom stereocenters. The molecule has 2 N–H and O–H groups in total. The zero-order valence-electron chi connectivity index (χ0n) is 21.6.